The first kappa shape index (κ1) is 12.0. The molecule has 0 unspecified atom stereocenters. The van der Waals surface area contributed by atoms with E-state index in [1.807, 2.05) is 30.3 Å². The van der Waals surface area contributed by atoms with Crippen LogP contribution in [0.15, 0.2) is 54.8 Å². The first-order valence-electron chi connectivity index (χ1n) is 5.49. The second kappa shape index (κ2) is 4.84. The lowest BCUT2D eigenvalue weighted by atomic mass is 10.0. The van der Waals surface area contributed by atoms with Gasteiger partial charge in [0.15, 0.2) is 11.5 Å². The fourth-order valence-electron chi connectivity index (χ4n) is 1.64. The molecule has 18 heavy (non-hydrogen) atoms. The third-order valence-corrected chi connectivity index (χ3v) is 2.62. The van der Waals surface area contributed by atoms with Crippen LogP contribution in [0.3, 0.4) is 0 Å². The van der Waals surface area contributed by atoms with Gasteiger partial charge in [-0.05, 0) is 16.8 Å². The molecule has 0 aliphatic rings. The summed E-state index contributed by atoms with van der Waals surface area (Å²) < 4.78 is 4.92. The number of esters is 1. The molecule has 0 aliphatic heterocycles. The van der Waals surface area contributed by atoms with E-state index in [4.69, 9.17) is 4.74 Å². The maximum atomic E-state index is 11.9. The summed E-state index contributed by atoms with van der Waals surface area (Å²) in [6, 6.07) is 12.8. The van der Waals surface area contributed by atoms with Crippen LogP contribution in [0.25, 0.3) is 10.8 Å². The van der Waals surface area contributed by atoms with Crippen molar-refractivity contribution >= 4 is 22.5 Å². The Bertz CT molecular complexity index is 636. The molecule has 2 aromatic carbocycles. The van der Waals surface area contributed by atoms with Gasteiger partial charge in [-0.2, -0.15) is 0 Å². The second-order valence-corrected chi connectivity index (χ2v) is 3.90. The summed E-state index contributed by atoms with van der Waals surface area (Å²) in [7, 11) is 0. The number of hydrogen-bond donors (Lipinski definition) is 0. The van der Waals surface area contributed by atoms with Crippen molar-refractivity contribution in [2.24, 2.45) is 0 Å². The van der Waals surface area contributed by atoms with Crippen molar-refractivity contribution in [1.29, 1.82) is 0 Å². The van der Waals surface area contributed by atoms with Gasteiger partial charge in [-0.1, -0.05) is 43.0 Å². The summed E-state index contributed by atoms with van der Waals surface area (Å²) in [6.45, 7) is 4.71. The molecule has 0 N–H and O–H groups in total. The van der Waals surface area contributed by atoms with E-state index < -0.39 is 5.97 Å². The van der Waals surface area contributed by atoms with Crippen molar-refractivity contribution in [3.8, 4) is 0 Å². The van der Waals surface area contributed by atoms with Crippen LogP contribution in [-0.2, 0) is 9.53 Å². The minimum absolute atomic E-state index is 0.145. The van der Waals surface area contributed by atoms with E-state index in [1.165, 1.54) is 6.92 Å². The molecule has 2 rings (SSSR count). The zero-order valence-electron chi connectivity index (χ0n) is 9.97. The standard InChI is InChI=1S/C15H12O3/c1-10(16)11(2)18-15(17)14-9-5-7-12-6-3-4-8-13(12)14/h3-9H,2H2,1H3. The highest BCUT2D eigenvalue weighted by atomic mass is 16.5. The van der Waals surface area contributed by atoms with E-state index in [9.17, 15) is 9.59 Å². The highest BCUT2D eigenvalue weighted by Crippen LogP contribution is 2.19. The highest BCUT2D eigenvalue weighted by molar-refractivity contribution is 6.06. The van der Waals surface area contributed by atoms with E-state index in [0.717, 1.165) is 10.8 Å². The first-order chi connectivity index (χ1) is 8.59. The van der Waals surface area contributed by atoms with Crippen LogP contribution in [0, 0.1) is 0 Å². The fourth-order valence-corrected chi connectivity index (χ4v) is 1.64. The van der Waals surface area contributed by atoms with Gasteiger partial charge in [-0.3, -0.25) is 4.79 Å². The van der Waals surface area contributed by atoms with Gasteiger partial charge >= 0.3 is 5.97 Å². The number of hydrogen-bond acceptors (Lipinski definition) is 3. The number of rotatable bonds is 3. The Hall–Kier alpha value is -2.42. The van der Waals surface area contributed by atoms with E-state index >= 15 is 0 Å². The van der Waals surface area contributed by atoms with Gasteiger partial charge in [-0.25, -0.2) is 4.79 Å². The van der Waals surface area contributed by atoms with Crippen LogP contribution in [0.4, 0.5) is 0 Å². The van der Waals surface area contributed by atoms with Crippen molar-refractivity contribution in [1.82, 2.24) is 0 Å². The highest BCUT2D eigenvalue weighted by Gasteiger charge is 2.14. The molecule has 0 spiro atoms. The minimum atomic E-state index is -0.563. The summed E-state index contributed by atoms with van der Waals surface area (Å²) in [5, 5.41) is 1.74. The quantitative estimate of drug-likeness (QED) is 0.470. The van der Waals surface area contributed by atoms with Gasteiger partial charge in [0.25, 0.3) is 0 Å². The number of allylic oxidation sites excluding steroid dienone is 1. The molecule has 0 aliphatic carbocycles. The van der Waals surface area contributed by atoms with Crippen LogP contribution in [0.2, 0.25) is 0 Å². The summed E-state index contributed by atoms with van der Waals surface area (Å²) in [4.78, 5) is 22.9. The van der Waals surface area contributed by atoms with Gasteiger partial charge in [0.05, 0.1) is 5.56 Å². The predicted octanol–water partition coefficient (Wildman–Crippen LogP) is 3.10. The molecular weight excluding hydrogens is 228 g/mol. The first-order valence-corrected chi connectivity index (χ1v) is 5.49. The largest absolute Gasteiger partial charge is 0.420 e. The Kier molecular flexibility index (Phi) is 3.24. The minimum Gasteiger partial charge on any atom is -0.420 e. The SMILES string of the molecule is C=C(OC(=O)c1cccc2ccccc12)C(C)=O. The molecule has 0 atom stereocenters. The summed E-state index contributed by atoms with van der Waals surface area (Å²) in [5.74, 6) is -1.07. The summed E-state index contributed by atoms with van der Waals surface area (Å²) in [6.07, 6.45) is 0. The monoisotopic (exact) mass is 240 g/mol. The van der Waals surface area contributed by atoms with Crippen molar-refractivity contribution in [3.05, 3.63) is 60.4 Å². The lowest BCUT2D eigenvalue weighted by Crippen LogP contribution is -2.09. The molecule has 90 valence electrons. The van der Waals surface area contributed by atoms with Crippen LogP contribution in [-0.4, -0.2) is 11.8 Å². The number of carbonyl (C=O) groups is 2. The van der Waals surface area contributed by atoms with Gasteiger partial charge in [0.1, 0.15) is 0 Å². The smallest absolute Gasteiger partial charge is 0.344 e. The van der Waals surface area contributed by atoms with E-state index in [1.54, 1.807) is 12.1 Å². The zero-order valence-corrected chi connectivity index (χ0v) is 9.97. The average molecular weight is 240 g/mol. The third kappa shape index (κ3) is 2.30. The van der Waals surface area contributed by atoms with Crippen molar-refractivity contribution < 1.29 is 14.3 Å². The molecule has 0 bridgehead atoms. The molecule has 3 nitrogen and oxygen atoms in total. The topological polar surface area (TPSA) is 43.4 Å². The Morgan fingerprint density at radius 1 is 1.06 bits per heavy atom. The van der Waals surface area contributed by atoms with Gasteiger partial charge in [0, 0.05) is 6.92 Å². The predicted molar refractivity (Wildman–Crippen MR) is 69.2 cm³/mol. The number of ketones is 1. The Morgan fingerprint density at radius 2 is 1.72 bits per heavy atom. The molecule has 2 aromatic rings. The van der Waals surface area contributed by atoms with E-state index in [-0.39, 0.29) is 11.5 Å². The van der Waals surface area contributed by atoms with E-state index in [0.29, 0.717) is 5.56 Å². The molecule has 0 saturated heterocycles. The molecule has 0 heterocycles. The lowest BCUT2D eigenvalue weighted by Gasteiger charge is -2.07. The molecule has 3 heteroatoms. The van der Waals surface area contributed by atoms with Gasteiger partial charge < -0.3 is 4.74 Å². The van der Waals surface area contributed by atoms with Crippen molar-refractivity contribution in [2.45, 2.75) is 6.92 Å². The molecular formula is C15H12O3. The second-order valence-electron chi connectivity index (χ2n) is 3.90. The summed E-state index contributed by atoms with van der Waals surface area (Å²) >= 11 is 0. The fraction of sp³-hybridized carbons (Fsp3) is 0.0667. The van der Waals surface area contributed by atoms with Crippen LogP contribution < -0.4 is 0 Å². The number of Topliss-reactive ketones (excluding diaryl/α,β-unsaturated/α-hetero) is 1. The van der Waals surface area contributed by atoms with Crippen LogP contribution in [0.1, 0.15) is 17.3 Å². The number of carbonyl (C=O) groups excluding carboxylic acids is 2. The third-order valence-electron chi connectivity index (χ3n) is 2.62. The maximum Gasteiger partial charge on any atom is 0.344 e. The normalized spacial score (nSPS) is 10.1. The number of ether oxygens (including phenoxy) is 1. The molecule has 0 aromatic heterocycles. The Balaban J connectivity index is 2.39. The maximum absolute atomic E-state index is 11.9. The lowest BCUT2D eigenvalue weighted by molar-refractivity contribution is -0.116. The van der Waals surface area contributed by atoms with Crippen LogP contribution in [0.5, 0.6) is 0 Å². The average Bonchev–Trinajstić information content (AvgIpc) is 2.37. The van der Waals surface area contributed by atoms with Crippen molar-refractivity contribution in [3.63, 3.8) is 0 Å². The number of benzene rings is 2. The van der Waals surface area contributed by atoms with E-state index in [2.05, 4.69) is 6.58 Å². The van der Waals surface area contributed by atoms with Gasteiger partial charge in [0.2, 0.25) is 0 Å². The van der Waals surface area contributed by atoms with Crippen LogP contribution >= 0.6 is 0 Å². The molecule has 0 amide bonds. The molecule has 0 saturated carbocycles. The number of fused-ring (bicyclic) bond motifs is 1. The molecule has 0 fully saturated rings. The zero-order chi connectivity index (χ0) is 13.1. The Labute approximate surface area is 105 Å². The van der Waals surface area contributed by atoms with Gasteiger partial charge in [-0.15, -0.1) is 0 Å². The van der Waals surface area contributed by atoms with Crippen molar-refractivity contribution in [2.75, 3.05) is 0 Å². The molecule has 0 radical (unpaired) electrons. The summed E-state index contributed by atoms with van der Waals surface area (Å²) in [5.41, 5.74) is 0.426. The Morgan fingerprint density at radius 3 is 2.44 bits per heavy atom.